The topological polar surface area (TPSA) is 57.1 Å². The fourth-order valence-electron chi connectivity index (χ4n) is 5.80. The molecule has 45 heavy (non-hydrogen) atoms. The number of hydrogen-bond acceptors (Lipinski definition) is 6. The summed E-state index contributed by atoms with van der Waals surface area (Å²) in [5.74, 6) is 2.52. The first-order valence-electron chi connectivity index (χ1n) is 14.9. The number of thiophene rings is 1. The molecule has 7 heteroatoms. The van der Waals surface area contributed by atoms with Crippen molar-refractivity contribution < 1.29 is 9.31 Å². The van der Waals surface area contributed by atoms with Crippen molar-refractivity contribution in [2.24, 2.45) is 0 Å². The third-order valence-corrected chi connectivity index (χ3v) is 9.47. The molecule has 5 nitrogen and oxygen atoms in total. The molecule has 1 aliphatic rings. The summed E-state index contributed by atoms with van der Waals surface area (Å²) in [6, 6.07) is 41.3. The Balaban J connectivity index is 1.40. The maximum absolute atomic E-state index is 6.44. The van der Waals surface area contributed by atoms with Crippen molar-refractivity contribution in [2.45, 2.75) is 19.4 Å². The first kappa shape index (κ1) is 27.4. The lowest BCUT2D eigenvalue weighted by Crippen LogP contribution is -2.34. The van der Waals surface area contributed by atoms with Crippen molar-refractivity contribution in [3.05, 3.63) is 134 Å². The van der Waals surface area contributed by atoms with Crippen LogP contribution in [0, 0.1) is 0 Å². The van der Waals surface area contributed by atoms with Crippen LogP contribution in [-0.2, 0) is 9.31 Å². The van der Waals surface area contributed by atoms with Crippen LogP contribution in [0.5, 0.6) is 0 Å². The summed E-state index contributed by atoms with van der Waals surface area (Å²) in [6.45, 7) is 8.12. The fourth-order valence-corrected chi connectivity index (χ4v) is 7.03. The number of rotatable bonds is 5. The Bertz CT molecular complexity index is 2160. The largest absolute Gasteiger partial charge is 0.564 e. The van der Waals surface area contributed by atoms with E-state index in [0.29, 0.717) is 23.2 Å². The zero-order chi connectivity index (χ0) is 30.5. The van der Waals surface area contributed by atoms with Crippen molar-refractivity contribution in [2.75, 3.05) is 0 Å². The zero-order valence-corrected chi connectivity index (χ0v) is 25.7. The first-order valence-corrected chi connectivity index (χ1v) is 15.7. The minimum Gasteiger partial charge on any atom is -0.534 e. The molecule has 5 aromatic carbocycles. The molecule has 8 rings (SSSR count). The Hall–Kier alpha value is -5.11. The van der Waals surface area contributed by atoms with Gasteiger partial charge in [-0.1, -0.05) is 116 Å². The lowest BCUT2D eigenvalue weighted by molar-refractivity contribution is 0.173. The zero-order valence-electron chi connectivity index (χ0n) is 24.9. The van der Waals surface area contributed by atoms with Crippen LogP contribution in [-0.4, -0.2) is 27.7 Å². The van der Waals surface area contributed by atoms with Gasteiger partial charge in [0.05, 0.1) is 5.76 Å². The van der Waals surface area contributed by atoms with Crippen molar-refractivity contribution >= 4 is 44.1 Å². The van der Waals surface area contributed by atoms with Crippen LogP contribution < -0.4 is 5.46 Å². The van der Waals surface area contributed by atoms with E-state index >= 15 is 0 Å². The van der Waals surface area contributed by atoms with Gasteiger partial charge in [-0.3, -0.25) is 0 Å². The molecular formula is C38H28BN3O2S. The normalized spacial score (nSPS) is 14.3. The average molecular weight is 602 g/mol. The van der Waals surface area contributed by atoms with Crippen molar-refractivity contribution in [1.82, 2.24) is 15.0 Å². The molecule has 0 unspecified atom stereocenters. The van der Waals surface area contributed by atoms with Crippen molar-refractivity contribution in [3.8, 4) is 45.3 Å². The van der Waals surface area contributed by atoms with E-state index in [2.05, 4.69) is 61.2 Å². The molecule has 2 aromatic heterocycles. The van der Waals surface area contributed by atoms with Crippen LogP contribution in [0.25, 0.3) is 65.5 Å². The highest BCUT2D eigenvalue weighted by atomic mass is 32.1. The average Bonchev–Trinajstić information content (AvgIpc) is 3.60. The number of nitrogens with zero attached hydrogens (tertiary/aromatic N) is 3. The van der Waals surface area contributed by atoms with E-state index in [-0.39, 0.29) is 0 Å². The smallest absolute Gasteiger partial charge is 0.534 e. The standard InChI is InChI=1S/C38H28BN3O2S/c1-24-38(2,3)44-39(43-24)31-23-28(25-14-7-4-8-15-25)22-30-33-29(20-13-21-32(33)45-34(30)31)37-41-35(26-16-9-5-10-17-26)40-36(42-37)27-18-11-6-12-19-27/h4-23H,1H2,2-3H3. The maximum Gasteiger partial charge on any atom is 0.564 e. The highest BCUT2D eigenvalue weighted by molar-refractivity contribution is 7.27. The predicted molar refractivity (Wildman–Crippen MR) is 185 cm³/mol. The molecule has 0 aliphatic carbocycles. The summed E-state index contributed by atoms with van der Waals surface area (Å²) in [5.41, 5.74) is 5.42. The van der Waals surface area contributed by atoms with Gasteiger partial charge in [0.25, 0.3) is 0 Å². The van der Waals surface area contributed by atoms with Crippen LogP contribution in [0.4, 0.5) is 0 Å². The number of hydrogen-bond donors (Lipinski definition) is 0. The molecule has 0 radical (unpaired) electrons. The lowest BCUT2D eigenvalue weighted by atomic mass is 9.77. The fraction of sp³-hybridized carbons (Fsp3) is 0.0789. The van der Waals surface area contributed by atoms with E-state index in [9.17, 15) is 0 Å². The molecule has 1 saturated heterocycles. The van der Waals surface area contributed by atoms with Gasteiger partial charge in [-0.25, -0.2) is 15.0 Å². The number of benzene rings is 5. The molecule has 0 spiro atoms. The summed E-state index contributed by atoms with van der Waals surface area (Å²) in [5, 5.41) is 2.20. The van der Waals surface area contributed by atoms with Gasteiger partial charge in [0.2, 0.25) is 0 Å². The molecule has 1 fully saturated rings. The second-order valence-electron chi connectivity index (χ2n) is 11.6. The monoisotopic (exact) mass is 601 g/mol. The lowest BCUT2D eigenvalue weighted by Gasteiger charge is -2.16. The van der Waals surface area contributed by atoms with Crippen LogP contribution in [0.2, 0.25) is 0 Å². The van der Waals surface area contributed by atoms with Crippen LogP contribution in [0.15, 0.2) is 134 Å². The predicted octanol–water partition coefficient (Wildman–Crippen LogP) is 8.94. The molecule has 1 aliphatic heterocycles. The van der Waals surface area contributed by atoms with Crippen molar-refractivity contribution in [3.63, 3.8) is 0 Å². The van der Waals surface area contributed by atoms with Gasteiger partial charge in [-0.2, -0.15) is 0 Å². The highest BCUT2D eigenvalue weighted by Gasteiger charge is 2.44. The molecular weight excluding hydrogens is 573 g/mol. The van der Waals surface area contributed by atoms with Gasteiger partial charge in [0, 0.05) is 42.3 Å². The van der Waals surface area contributed by atoms with E-state index in [1.165, 1.54) is 0 Å². The molecule has 0 amide bonds. The van der Waals surface area contributed by atoms with Gasteiger partial charge in [0.15, 0.2) is 17.5 Å². The summed E-state index contributed by atoms with van der Waals surface area (Å²) in [6.07, 6.45) is 0. The summed E-state index contributed by atoms with van der Waals surface area (Å²) in [4.78, 5) is 15.0. The third-order valence-electron chi connectivity index (χ3n) is 8.25. The summed E-state index contributed by atoms with van der Waals surface area (Å²) in [7, 11) is -0.568. The Morgan fingerprint density at radius 2 is 1.22 bits per heavy atom. The Kier molecular flexibility index (Phi) is 6.59. The molecule has 216 valence electrons. The van der Waals surface area contributed by atoms with E-state index < -0.39 is 12.7 Å². The summed E-state index contributed by atoms with van der Waals surface area (Å²) >= 11 is 1.73. The SMILES string of the molecule is C=C1OB(c2cc(-c3ccccc3)cc3c2sc2cccc(-c4nc(-c5ccccc5)nc(-c5ccccc5)n4)c23)OC1(C)C. The Labute approximate surface area is 266 Å². The maximum atomic E-state index is 6.44. The highest BCUT2D eigenvalue weighted by Crippen LogP contribution is 2.42. The Morgan fingerprint density at radius 1 is 0.644 bits per heavy atom. The van der Waals surface area contributed by atoms with E-state index in [1.54, 1.807) is 11.3 Å². The van der Waals surface area contributed by atoms with Gasteiger partial charge < -0.3 is 9.31 Å². The minimum atomic E-state index is -0.589. The molecule has 0 atom stereocenters. The number of fused-ring (bicyclic) bond motifs is 3. The van der Waals surface area contributed by atoms with Gasteiger partial charge >= 0.3 is 7.12 Å². The number of aromatic nitrogens is 3. The second kappa shape index (κ2) is 10.8. The van der Waals surface area contributed by atoms with E-state index in [4.69, 9.17) is 24.3 Å². The van der Waals surface area contributed by atoms with Gasteiger partial charge in [0.1, 0.15) is 5.60 Å². The Morgan fingerprint density at radius 3 is 1.80 bits per heavy atom. The molecule has 3 heterocycles. The molecule has 0 N–H and O–H groups in total. The first-order chi connectivity index (χ1) is 21.9. The van der Waals surface area contributed by atoms with E-state index in [0.717, 1.165) is 53.5 Å². The quantitative estimate of drug-likeness (QED) is 0.184. The third kappa shape index (κ3) is 4.90. The van der Waals surface area contributed by atoms with Gasteiger partial charge in [-0.05, 0) is 37.1 Å². The van der Waals surface area contributed by atoms with Crippen molar-refractivity contribution in [1.29, 1.82) is 0 Å². The molecule has 0 bridgehead atoms. The molecule has 0 saturated carbocycles. The van der Waals surface area contributed by atoms with Gasteiger partial charge in [-0.15, -0.1) is 11.3 Å². The van der Waals surface area contributed by atoms with E-state index in [1.807, 2.05) is 80.6 Å². The van der Waals surface area contributed by atoms with Crippen LogP contribution in [0.1, 0.15) is 13.8 Å². The summed E-state index contributed by atoms with van der Waals surface area (Å²) < 4.78 is 14.9. The second-order valence-corrected chi connectivity index (χ2v) is 12.7. The minimum absolute atomic E-state index is 0.568. The van der Waals surface area contributed by atoms with Crippen LogP contribution >= 0.6 is 11.3 Å². The molecule has 7 aromatic rings. The van der Waals surface area contributed by atoms with Crippen LogP contribution in [0.3, 0.4) is 0 Å².